The van der Waals surface area contributed by atoms with E-state index in [1.807, 2.05) is 93.0 Å². The number of carbonyl (C=O) groups excluding carboxylic acids is 1. The summed E-state index contributed by atoms with van der Waals surface area (Å²) in [5, 5.41) is 3.04. The van der Waals surface area contributed by atoms with Gasteiger partial charge in [0, 0.05) is 12.1 Å². The number of nitrogens with one attached hydrogen (secondary N) is 1. The molecular weight excluding hydrogens is 376 g/mol. The minimum Gasteiger partial charge on any atom is -0.497 e. The summed E-state index contributed by atoms with van der Waals surface area (Å²) in [6.07, 6.45) is 0. The van der Waals surface area contributed by atoms with Crippen molar-refractivity contribution in [3.05, 3.63) is 95.6 Å². The van der Waals surface area contributed by atoms with Crippen LogP contribution in [0.15, 0.2) is 78.9 Å². The Morgan fingerprint density at radius 2 is 1.63 bits per heavy atom. The fourth-order valence-corrected chi connectivity index (χ4v) is 3.17. The lowest BCUT2D eigenvalue weighted by Gasteiger charge is -2.25. The molecule has 0 aromatic heterocycles. The Balaban J connectivity index is 1.57. The molecule has 0 heterocycles. The van der Waals surface area contributed by atoms with Gasteiger partial charge < -0.3 is 19.7 Å². The van der Waals surface area contributed by atoms with Crippen LogP contribution in [0, 0.1) is 0 Å². The molecule has 0 aliphatic heterocycles. The van der Waals surface area contributed by atoms with Crippen LogP contribution >= 0.6 is 0 Å². The quantitative estimate of drug-likeness (QED) is 0.578. The minimum atomic E-state index is -0.0970. The van der Waals surface area contributed by atoms with Gasteiger partial charge in [0.1, 0.15) is 18.1 Å². The normalized spacial score (nSPS) is 11.7. The monoisotopic (exact) mass is 404 g/mol. The van der Waals surface area contributed by atoms with Crippen molar-refractivity contribution >= 4 is 5.91 Å². The Labute approximate surface area is 178 Å². The van der Waals surface area contributed by atoms with Gasteiger partial charge in [-0.2, -0.15) is 0 Å². The highest BCUT2D eigenvalue weighted by Crippen LogP contribution is 2.22. The highest BCUT2D eigenvalue weighted by molar-refractivity contribution is 5.94. The van der Waals surface area contributed by atoms with E-state index in [1.165, 1.54) is 0 Å². The van der Waals surface area contributed by atoms with Gasteiger partial charge >= 0.3 is 0 Å². The number of rotatable bonds is 9. The van der Waals surface area contributed by atoms with Crippen LogP contribution in [0.1, 0.15) is 27.5 Å². The molecule has 3 aromatic rings. The van der Waals surface area contributed by atoms with E-state index >= 15 is 0 Å². The number of ether oxygens (including phenoxy) is 2. The molecule has 1 N–H and O–H groups in total. The molecule has 0 saturated carbocycles. The van der Waals surface area contributed by atoms with E-state index in [0.29, 0.717) is 18.7 Å². The molecule has 1 amide bonds. The fourth-order valence-electron chi connectivity index (χ4n) is 3.17. The molecule has 0 bridgehead atoms. The first kappa shape index (κ1) is 21.4. The molecule has 0 aliphatic carbocycles. The van der Waals surface area contributed by atoms with Gasteiger partial charge in [-0.05, 0) is 61.6 Å². The van der Waals surface area contributed by atoms with Crippen LogP contribution < -0.4 is 14.8 Å². The average Bonchev–Trinajstić information content (AvgIpc) is 2.78. The van der Waals surface area contributed by atoms with E-state index < -0.39 is 0 Å². The zero-order valence-electron chi connectivity index (χ0n) is 17.7. The summed E-state index contributed by atoms with van der Waals surface area (Å²) in [6.45, 7) is 0.961. The van der Waals surface area contributed by atoms with E-state index in [0.717, 1.165) is 22.6 Å². The maximum absolute atomic E-state index is 12.6. The number of amides is 1. The molecule has 1 atom stereocenters. The van der Waals surface area contributed by atoms with Gasteiger partial charge in [-0.3, -0.25) is 4.79 Å². The number of para-hydroxylation sites is 1. The van der Waals surface area contributed by atoms with Crippen molar-refractivity contribution in [3.8, 4) is 11.5 Å². The Kier molecular flexibility index (Phi) is 7.46. The molecular formula is C25H28N2O3. The largest absolute Gasteiger partial charge is 0.497 e. The third-order valence-electron chi connectivity index (χ3n) is 4.92. The molecule has 5 nitrogen and oxygen atoms in total. The lowest BCUT2D eigenvalue weighted by atomic mass is 10.1. The third kappa shape index (κ3) is 5.84. The van der Waals surface area contributed by atoms with Crippen molar-refractivity contribution in [2.75, 3.05) is 27.7 Å². The van der Waals surface area contributed by atoms with Gasteiger partial charge in [-0.25, -0.2) is 0 Å². The van der Waals surface area contributed by atoms with Gasteiger partial charge in [0.15, 0.2) is 0 Å². The van der Waals surface area contributed by atoms with E-state index in [4.69, 9.17) is 9.47 Å². The van der Waals surface area contributed by atoms with Crippen LogP contribution in [0.25, 0.3) is 0 Å². The number of methoxy groups -OCH3 is 1. The second-order valence-corrected chi connectivity index (χ2v) is 7.26. The van der Waals surface area contributed by atoms with E-state index in [2.05, 4.69) is 10.2 Å². The first-order chi connectivity index (χ1) is 14.6. The summed E-state index contributed by atoms with van der Waals surface area (Å²) in [7, 11) is 5.65. The van der Waals surface area contributed by atoms with Crippen molar-refractivity contribution < 1.29 is 14.3 Å². The highest BCUT2D eigenvalue weighted by atomic mass is 16.5. The average molecular weight is 405 g/mol. The van der Waals surface area contributed by atoms with E-state index in [9.17, 15) is 4.79 Å². The molecule has 156 valence electrons. The number of likely N-dealkylation sites (N-methyl/N-ethyl adjacent to an activating group) is 1. The van der Waals surface area contributed by atoms with Crippen molar-refractivity contribution in [2.45, 2.75) is 12.6 Å². The van der Waals surface area contributed by atoms with Gasteiger partial charge in [0.25, 0.3) is 5.91 Å². The summed E-state index contributed by atoms with van der Waals surface area (Å²) in [5.41, 5.74) is 2.73. The summed E-state index contributed by atoms with van der Waals surface area (Å²) in [6, 6.07) is 25.1. The molecule has 5 heteroatoms. The van der Waals surface area contributed by atoms with Gasteiger partial charge in [0.2, 0.25) is 0 Å². The van der Waals surface area contributed by atoms with Gasteiger partial charge in [-0.15, -0.1) is 0 Å². The molecule has 0 fully saturated rings. The summed E-state index contributed by atoms with van der Waals surface area (Å²) in [5.74, 6) is 1.53. The summed E-state index contributed by atoms with van der Waals surface area (Å²) < 4.78 is 11.1. The fraction of sp³-hybridized carbons (Fsp3) is 0.240. The van der Waals surface area contributed by atoms with Gasteiger partial charge in [0.05, 0.1) is 13.2 Å². The summed E-state index contributed by atoms with van der Waals surface area (Å²) >= 11 is 0. The van der Waals surface area contributed by atoms with Crippen LogP contribution in [0.2, 0.25) is 0 Å². The van der Waals surface area contributed by atoms with Gasteiger partial charge in [-0.1, -0.05) is 42.5 Å². The SMILES string of the molecule is COc1cccc([C@H](CNC(=O)c2ccc(COc3ccccc3)cc2)N(C)C)c1. The number of carbonyl (C=O) groups is 1. The Bertz CT molecular complexity index is 940. The molecule has 0 unspecified atom stereocenters. The second kappa shape index (κ2) is 10.5. The number of hydrogen-bond donors (Lipinski definition) is 1. The zero-order chi connectivity index (χ0) is 21.3. The van der Waals surface area contributed by atoms with Crippen LogP contribution in [0.5, 0.6) is 11.5 Å². The smallest absolute Gasteiger partial charge is 0.251 e. The lowest BCUT2D eigenvalue weighted by Crippen LogP contribution is -2.34. The van der Waals surface area contributed by atoms with E-state index in [1.54, 1.807) is 7.11 Å². The number of nitrogens with zero attached hydrogens (tertiary/aromatic N) is 1. The van der Waals surface area contributed by atoms with Crippen LogP contribution in [-0.4, -0.2) is 38.6 Å². The predicted octanol–water partition coefficient (Wildman–Crippen LogP) is 4.31. The molecule has 0 radical (unpaired) electrons. The molecule has 0 spiro atoms. The molecule has 0 aliphatic rings. The van der Waals surface area contributed by atoms with Crippen LogP contribution in [0.3, 0.4) is 0 Å². The van der Waals surface area contributed by atoms with Crippen LogP contribution in [0.4, 0.5) is 0 Å². The first-order valence-corrected chi connectivity index (χ1v) is 9.92. The van der Waals surface area contributed by atoms with Crippen molar-refractivity contribution in [1.82, 2.24) is 10.2 Å². The van der Waals surface area contributed by atoms with Crippen molar-refractivity contribution in [3.63, 3.8) is 0 Å². The first-order valence-electron chi connectivity index (χ1n) is 9.92. The molecule has 0 saturated heterocycles. The lowest BCUT2D eigenvalue weighted by molar-refractivity contribution is 0.0942. The van der Waals surface area contributed by atoms with Crippen molar-refractivity contribution in [2.24, 2.45) is 0 Å². The number of hydrogen-bond acceptors (Lipinski definition) is 4. The minimum absolute atomic E-state index is 0.0441. The topological polar surface area (TPSA) is 50.8 Å². The second-order valence-electron chi connectivity index (χ2n) is 7.26. The third-order valence-corrected chi connectivity index (χ3v) is 4.92. The van der Waals surface area contributed by atoms with Crippen molar-refractivity contribution in [1.29, 1.82) is 0 Å². The highest BCUT2D eigenvalue weighted by Gasteiger charge is 2.16. The standard InChI is InChI=1S/C25H28N2O3/c1-27(2)24(21-8-7-11-23(16-21)29-3)17-26-25(28)20-14-12-19(13-15-20)18-30-22-9-5-4-6-10-22/h4-16,24H,17-18H2,1-3H3,(H,26,28)/t24-/m0/s1. The van der Waals surface area contributed by atoms with E-state index in [-0.39, 0.29) is 11.9 Å². The zero-order valence-corrected chi connectivity index (χ0v) is 17.7. The maximum Gasteiger partial charge on any atom is 0.251 e. The molecule has 3 rings (SSSR count). The maximum atomic E-state index is 12.6. The number of benzene rings is 3. The molecule has 30 heavy (non-hydrogen) atoms. The Morgan fingerprint density at radius 3 is 2.30 bits per heavy atom. The Hall–Kier alpha value is -3.31. The molecule has 3 aromatic carbocycles. The predicted molar refractivity (Wildman–Crippen MR) is 119 cm³/mol. The van der Waals surface area contributed by atoms with Crippen LogP contribution in [-0.2, 0) is 6.61 Å². The Morgan fingerprint density at radius 1 is 0.933 bits per heavy atom. The summed E-state index contributed by atoms with van der Waals surface area (Å²) in [4.78, 5) is 14.7.